The van der Waals surface area contributed by atoms with E-state index in [4.69, 9.17) is 9.52 Å². The second kappa shape index (κ2) is 6.05. The van der Waals surface area contributed by atoms with E-state index in [-0.39, 0.29) is 11.5 Å². The number of furan rings is 1. The first-order valence-electron chi connectivity index (χ1n) is 5.23. The number of aromatic carboxylic acids is 1. The predicted molar refractivity (Wildman–Crippen MR) is 60.7 cm³/mol. The Morgan fingerprint density at radius 1 is 1.47 bits per heavy atom. The fourth-order valence-corrected chi connectivity index (χ4v) is 1.29. The molecule has 94 valence electrons. The van der Waals surface area contributed by atoms with Gasteiger partial charge in [0, 0.05) is 27.1 Å². The average molecular weight is 240 g/mol. The summed E-state index contributed by atoms with van der Waals surface area (Å²) in [5, 5.41) is 11.8. The molecule has 0 bridgehead atoms. The highest BCUT2D eigenvalue weighted by Crippen LogP contribution is 2.09. The quantitative estimate of drug-likeness (QED) is 0.709. The van der Waals surface area contributed by atoms with Gasteiger partial charge in [-0.15, -0.1) is 0 Å². The SMILES string of the molecule is CN(C)C(=O)CCNCc1occc1C(=O)O. The van der Waals surface area contributed by atoms with E-state index in [1.807, 2.05) is 0 Å². The Morgan fingerprint density at radius 2 is 2.18 bits per heavy atom. The summed E-state index contributed by atoms with van der Waals surface area (Å²) in [6, 6.07) is 1.41. The number of hydrogen-bond acceptors (Lipinski definition) is 4. The molecule has 6 nitrogen and oxygen atoms in total. The number of amides is 1. The van der Waals surface area contributed by atoms with E-state index in [0.717, 1.165) is 0 Å². The molecule has 0 aliphatic carbocycles. The first-order valence-corrected chi connectivity index (χ1v) is 5.23. The summed E-state index contributed by atoms with van der Waals surface area (Å²) in [6.07, 6.45) is 1.71. The molecular formula is C11H16N2O4. The van der Waals surface area contributed by atoms with Crippen molar-refractivity contribution in [2.45, 2.75) is 13.0 Å². The Kier molecular flexibility index (Phi) is 4.71. The highest BCUT2D eigenvalue weighted by molar-refractivity contribution is 5.88. The van der Waals surface area contributed by atoms with Crippen LogP contribution in [-0.4, -0.2) is 42.5 Å². The molecule has 6 heteroatoms. The molecule has 1 aromatic heterocycles. The Labute approximate surface area is 99.2 Å². The fourth-order valence-electron chi connectivity index (χ4n) is 1.29. The maximum absolute atomic E-state index is 11.2. The van der Waals surface area contributed by atoms with Crippen molar-refractivity contribution in [1.82, 2.24) is 10.2 Å². The molecule has 1 heterocycles. The minimum absolute atomic E-state index is 0.0235. The third-order valence-corrected chi connectivity index (χ3v) is 2.28. The average Bonchev–Trinajstić information content (AvgIpc) is 2.72. The van der Waals surface area contributed by atoms with Crippen molar-refractivity contribution < 1.29 is 19.1 Å². The van der Waals surface area contributed by atoms with Gasteiger partial charge >= 0.3 is 5.97 Å². The third-order valence-electron chi connectivity index (χ3n) is 2.28. The lowest BCUT2D eigenvalue weighted by atomic mass is 10.2. The van der Waals surface area contributed by atoms with Gasteiger partial charge in [0.25, 0.3) is 0 Å². The van der Waals surface area contributed by atoms with Gasteiger partial charge in [-0.3, -0.25) is 4.79 Å². The van der Waals surface area contributed by atoms with E-state index >= 15 is 0 Å². The van der Waals surface area contributed by atoms with Crippen LogP contribution in [0, 0.1) is 0 Å². The van der Waals surface area contributed by atoms with E-state index in [2.05, 4.69) is 5.32 Å². The Balaban J connectivity index is 2.34. The summed E-state index contributed by atoms with van der Waals surface area (Å²) in [4.78, 5) is 23.5. The molecule has 0 fully saturated rings. The normalized spacial score (nSPS) is 10.2. The zero-order valence-corrected chi connectivity index (χ0v) is 9.90. The lowest BCUT2D eigenvalue weighted by Crippen LogP contribution is -2.26. The molecule has 17 heavy (non-hydrogen) atoms. The van der Waals surface area contributed by atoms with E-state index in [1.165, 1.54) is 17.2 Å². The van der Waals surface area contributed by atoms with Crippen molar-refractivity contribution in [1.29, 1.82) is 0 Å². The molecule has 0 spiro atoms. The van der Waals surface area contributed by atoms with Gasteiger partial charge in [0.2, 0.25) is 5.91 Å². The van der Waals surface area contributed by atoms with Crippen molar-refractivity contribution >= 4 is 11.9 Å². The largest absolute Gasteiger partial charge is 0.478 e. The molecule has 0 atom stereocenters. The van der Waals surface area contributed by atoms with Crippen LogP contribution in [0.5, 0.6) is 0 Å². The van der Waals surface area contributed by atoms with Crippen LogP contribution in [0.1, 0.15) is 22.5 Å². The van der Waals surface area contributed by atoms with Gasteiger partial charge in [0.15, 0.2) is 0 Å². The summed E-state index contributed by atoms with van der Waals surface area (Å²) < 4.78 is 5.04. The van der Waals surface area contributed by atoms with Crippen LogP contribution in [0.3, 0.4) is 0 Å². The Morgan fingerprint density at radius 3 is 2.76 bits per heavy atom. The van der Waals surface area contributed by atoms with Crippen LogP contribution in [0.15, 0.2) is 16.7 Å². The molecular weight excluding hydrogens is 224 g/mol. The molecule has 0 saturated carbocycles. The number of nitrogens with zero attached hydrogens (tertiary/aromatic N) is 1. The van der Waals surface area contributed by atoms with Gasteiger partial charge < -0.3 is 19.7 Å². The van der Waals surface area contributed by atoms with E-state index in [9.17, 15) is 9.59 Å². The van der Waals surface area contributed by atoms with Crippen LogP contribution in [0.2, 0.25) is 0 Å². The maximum Gasteiger partial charge on any atom is 0.339 e. The molecule has 1 rings (SSSR count). The predicted octanol–water partition coefficient (Wildman–Crippen LogP) is 0.546. The summed E-state index contributed by atoms with van der Waals surface area (Å²) in [5.74, 6) is -0.620. The number of rotatable bonds is 6. The van der Waals surface area contributed by atoms with Crippen LogP contribution < -0.4 is 5.32 Å². The third kappa shape index (κ3) is 3.92. The zero-order valence-electron chi connectivity index (χ0n) is 9.90. The highest BCUT2D eigenvalue weighted by Gasteiger charge is 2.12. The van der Waals surface area contributed by atoms with Crippen molar-refractivity contribution in [3.05, 3.63) is 23.7 Å². The number of nitrogens with one attached hydrogen (secondary N) is 1. The van der Waals surface area contributed by atoms with Gasteiger partial charge in [0.05, 0.1) is 12.8 Å². The van der Waals surface area contributed by atoms with E-state index in [1.54, 1.807) is 14.1 Å². The van der Waals surface area contributed by atoms with Crippen molar-refractivity contribution in [2.75, 3.05) is 20.6 Å². The minimum Gasteiger partial charge on any atom is -0.478 e. The van der Waals surface area contributed by atoms with Crippen molar-refractivity contribution in [3.8, 4) is 0 Å². The lowest BCUT2D eigenvalue weighted by Gasteiger charge is -2.10. The molecule has 1 aromatic rings. The second-order valence-electron chi connectivity index (χ2n) is 3.78. The zero-order chi connectivity index (χ0) is 12.8. The maximum atomic E-state index is 11.2. The Bertz CT molecular complexity index is 398. The standard InChI is InChI=1S/C11H16N2O4/c1-13(2)10(14)3-5-12-7-9-8(11(15)16)4-6-17-9/h4,6,12H,3,5,7H2,1-2H3,(H,15,16). The molecule has 0 aliphatic heterocycles. The number of carbonyl (C=O) groups excluding carboxylic acids is 1. The van der Waals surface area contributed by atoms with Gasteiger partial charge in [-0.25, -0.2) is 4.79 Å². The Hall–Kier alpha value is -1.82. The van der Waals surface area contributed by atoms with Gasteiger partial charge in [-0.1, -0.05) is 0 Å². The topological polar surface area (TPSA) is 82.8 Å². The first kappa shape index (κ1) is 13.2. The molecule has 1 amide bonds. The number of carbonyl (C=O) groups is 2. The number of hydrogen-bond donors (Lipinski definition) is 2. The fraction of sp³-hybridized carbons (Fsp3) is 0.455. The van der Waals surface area contributed by atoms with Crippen molar-refractivity contribution in [2.24, 2.45) is 0 Å². The molecule has 0 unspecified atom stereocenters. The summed E-state index contributed by atoms with van der Waals surface area (Å²) in [5.41, 5.74) is 0.149. The van der Waals surface area contributed by atoms with Crippen molar-refractivity contribution in [3.63, 3.8) is 0 Å². The smallest absolute Gasteiger partial charge is 0.339 e. The number of carboxylic acid groups (broad SMARTS) is 1. The van der Waals surface area contributed by atoms with Gasteiger partial charge in [-0.05, 0) is 6.07 Å². The summed E-state index contributed by atoms with van der Waals surface area (Å²) in [6.45, 7) is 0.784. The lowest BCUT2D eigenvalue weighted by molar-refractivity contribution is -0.128. The molecule has 0 radical (unpaired) electrons. The first-order chi connectivity index (χ1) is 8.02. The van der Waals surface area contributed by atoms with Gasteiger partial charge in [0.1, 0.15) is 11.3 Å². The van der Waals surface area contributed by atoms with E-state index < -0.39 is 5.97 Å². The molecule has 0 aliphatic rings. The van der Waals surface area contributed by atoms with E-state index in [0.29, 0.717) is 25.3 Å². The molecule has 2 N–H and O–H groups in total. The van der Waals surface area contributed by atoms with Crippen LogP contribution >= 0.6 is 0 Å². The second-order valence-corrected chi connectivity index (χ2v) is 3.78. The van der Waals surface area contributed by atoms with Gasteiger partial charge in [-0.2, -0.15) is 0 Å². The minimum atomic E-state index is -1.01. The van der Waals surface area contributed by atoms with Crippen LogP contribution in [0.4, 0.5) is 0 Å². The number of carboxylic acids is 1. The molecule has 0 saturated heterocycles. The monoisotopic (exact) mass is 240 g/mol. The van der Waals surface area contributed by atoms with Crippen LogP contribution in [-0.2, 0) is 11.3 Å². The van der Waals surface area contributed by atoms with Crippen LogP contribution in [0.25, 0.3) is 0 Å². The highest BCUT2D eigenvalue weighted by atomic mass is 16.4. The summed E-state index contributed by atoms with van der Waals surface area (Å²) in [7, 11) is 3.38. The molecule has 0 aromatic carbocycles. The summed E-state index contributed by atoms with van der Waals surface area (Å²) >= 11 is 0.